The fourth-order valence-electron chi connectivity index (χ4n) is 0. The van der Waals surface area contributed by atoms with Crippen molar-refractivity contribution in [1.82, 2.24) is 0 Å². The third kappa shape index (κ3) is 35100. The molecular weight excluding hydrogens is 252 g/mol. The maximum absolute atomic E-state index is 8.52. The largest absolute Gasteiger partial charge is 0.759 e. The molecule has 0 fully saturated rings. The maximum atomic E-state index is 8.52. The van der Waals surface area contributed by atoms with Gasteiger partial charge in [-0.15, -0.1) is 0 Å². The minimum atomic E-state index is -5.17. The lowest BCUT2D eigenvalue weighted by molar-refractivity contribution is -0.849. The highest BCUT2D eigenvalue weighted by atomic mass is 32.3. The van der Waals surface area contributed by atoms with Gasteiger partial charge in [0.1, 0.15) is 0 Å². The standard InChI is InChI=1S/2C4H12N.H2O4S.2H2O/c3*1-5(2,3)4;;/h2*1-4H3;(H2,1,2,3,4);2*1H2/q2*+1;;;/p-2. The maximum Gasteiger partial charge on any atom is 0.0675 e. The molecule has 0 aromatic rings. The lowest BCUT2D eigenvalue weighted by Crippen LogP contribution is -2.27. The first-order chi connectivity index (χ1) is 6.00. The molecule has 0 aliphatic heterocycles. The molecule has 0 saturated heterocycles. The lowest BCUT2D eigenvalue weighted by Gasteiger charge is -2.14. The Balaban J connectivity index is -0.0000000400. The molecule has 0 aromatic carbocycles. The molecule has 0 aromatic heterocycles. The van der Waals surface area contributed by atoms with Gasteiger partial charge < -0.3 is 29.0 Å². The summed E-state index contributed by atoms with van der Waals surface area (Å²) in [5.41, 5.74) is 0. The van der Waals surface area contributed by atoms with Crippen LogP contribution >= 0.6 is 0 Å². The molecule has 17 heavy (non-hydrogen) atoms. The Morgan fingerprint density at radius 3 is 0.647 bits per heavy atom. The van der Waals surface area contributed by atoms with Crippen molar-refractivity contribution in [2.75, 3.05) is 56.4 Å². The molecule has 0 amide bonds. The second-order valence-electron chi connectivity index (χ2n) is 5.77. The van der Waals surface area contributed by atoms with Gasteiger partial charge in [-0.1, -0.05) is 0 Å². The van der Waals surface area contributed by atoms with Gasteiger partial charge in [0, 0.05) is 10.4 Å². The van der Waals surface area contributed by atoms with Crippen LogP contribution in [0.5, 0.6) is 0 Å². The normalized spacial score (nSPS) is 10.5. The van der Waals surface area contributed by atoms with Crippen LogP contribution in [0.4, 0.5) is 0 Å². The molecule has 0 spiro atoms. The summed E-state index contributed by atoms with van der Waals surface area (Å²) in [6.45, 7) is 0. The van der Waals surface area contributed by atoms with E-state index in [0.29, 0.717) is 0 Å². The molecule has 0 atom stereocenters. The van der Waals surface area contributed by atoms with E-state index < -0.39 is 10.4 Å². The van der Waals surface area contributed by atoms with Gasteiger partial charge in [-0.2, -0.15) is 0 Å². The average Bonchev–Trinajstić information content (AvgIpc) is 1.41. The minimum Gasteiger partial charge on any atom is -0.759 e. The van der Waals surface area contributed by atoms with E-state index >= 15 is 0 Å². The van der Waals surface area contributed by atoms with E-state index in [1.54, 1.807) is 0 Å². The van der Waals surface area contributed by atoms with Crippen LogP contribution in [0.2, 0.25) is 0 Å². The van der Waals surface area contributed by atoms with E-state index in [9.17, 15) is 0 Å². The molecule has 112 valence electrons. The molecule has 0 radical (unpaired) electrons. The first-order valence-corrected chi connectivity index (χ1v) is 5.58. The average molecular weight is 280 g/mol. The molecule has 9 heteroatoms. The van der Waals surface area contributed by atoms with Crippen molar-refractivity contribution in [2.45, 2.75) is 0 Å². The van der Waals surface area contributed by atoms with Gasteiger partial charge >= 0.3 is 0 Å². The van der Waals surface area contributed by atoms with E-state index in [2.05, 4.69) is 56.4 Å². The summed E-state index contributed by atoms with van der Waals surface area (Å²) in [5.74, 6) is 0. The zero-order valence-corrected chi connectivity index (χ0v) is 12.8. The highest BCUT2D eigenvalue weighted by molar-refractivity contribution is 7.79. The number of rotatable bonds is 0. The molecule has 0 aliphatic carbocycles. The highest BCUT2D eigenvalue weighted by Gasteiger charge is 1.88. The van der Waals surface area contributed by atoms with Crippen LogP contribution in [0.25, 0.3) is 0 Å². The first kappa shape index (κ1) is 30.1. The Bertz CT molecular complexity index is 208. The van der Waals surface area contributed by atoms with Crippen molar-refractivity contribution in [3.63, 3.8) is 0 Å². The SMILES string of the molecule is C[N+](C)(C)C.C[N+](C)(C)C.O.O.O=S(=O)([O-])[O-]. The Hall–Kier alpha value is -0.290. The molecule has 0 aliphatic rings. The minimum absolute atomic E-state index is 0. The van der Waals surface area contributed by atoms with Crippen molar-refractivity contribution in [1.29, 1.82) is 0 Å². The molecule has 0 heterocycles. The second kappa shape index (κ2) is 10.8. The Kier molecular flexibility index (Phi) is 19.2. The summed E-state index contributed by atoms with van der Waals surface area (Å²) >= 11 is 0. The van der Waals surface area contributed by atoms with E-state index in [1.165, 1.54) is 0 Å². The van der Waals surface area contributed by atoms with Crippen LogP contribution in [-0.2, 0) is 10.4 Å². The van der Waals surface area contributed by atoms with E-state index in [4.69, 9.17) is 17.5 Å². The zero-order chi connectivity index (χ0) is 13.5. The van der Waals surface area contributed by atoms with E-state index in [0.717, 1.165) is 8.97 Å². The third-order valence-electron chi connectivity index (χ3n) is 0. The van der Waals surface area contributed by atoms with Gasteiger partial charge in [0.05, 0.1) is 56.4 Å². The summed E-state index contributed by atoms with van der Waals surface area (Å²) in [5, 5.41) is 0. The van der Waals surface area contributed by atoms with Gasteiger partial charge in [-0.25, -0.2) is 0 Å². The van der Waals surface area contributed by atoms with Gasteiger partial charge in [0.25, 0.3) is 0 Å². The van der Waals surface area contributed by atoms with Crippen LogP contribution in [0.15, 0.2) is 0 Å². The molecule has 0 rings (SSSR count). The summed E-state index contributed by atoms with van der Waals surface area (Å²) in [6.07, 6.45) is 0. The number of hydrogen-bond donors (Lipinski definition) is 0. The summed E-state index contributed by atoms with van der Waals surface area (Å²) < 4.78 is 36.1. The summed E-state index contributed by atoms with van der Waals surface area (Å²) in [7, 11) is 11.8. The molecular formula is C8H28N2O6S. The van der Waals surface area contributed by atoms with Crippen LogP contribution in [0.1, 0.15) is 0 Å². The van der Waals surface area contributed by atoms with Gasteiger partial charge in [-0.3, -0.25) is 8.42 Å². The predicted molar refractivity (Wildman–Crippen MR) is 65.6 cm³/mol. The number of hydrogen-bond acceptors (Lipinski definition) is 4. The number of quaternary nitrogens is 2. The monoisotopic (exact) mass is 280 g/mol. The predicted octanol–water partition coefficient (Wildman–Crippen LogP) is -2.34. The third-order valence-corrected chi connectivity index (χ3v) is 0. The molecule has 8 nitrogen and oxygen atoms in total. The van der Waals surface area contributed by atoms with Crippen LogP contribution in [0.3, 0.4) is 0 Å². The van der Waals surface area contributed by atoms with Gasteiger partial charge in [0.2, 0.25) is 0 Å². The van der Waals surface area contributed by atoms with Crippen LogP contribution < -0.4 is 0 Å². The molecule has 0 saturated carbocycles. The number of nitrogens with zero attached hydrogens (tertiary/aromatic N) is 2. The van der Waals surface area contributed by atoms with Crippen LogP contribution in [-0.4, -0.2) is 93.8 Å². The Morgan fingerprint density at radius 2 is 0.647 bits per heavy atom. The summed E-state index contributed by atoms with van der Waals surface area (Å²) in [6, 6.07) is 0. The second-order valence-corrected chi connectivity index (χ2v) is 6.59. The molecule has 0 unspecified atom stereocenters. The fourth-order valence-corrected chi connectivity index (χ4v) is 0. The van der Waals surface area contributed by atoms with Crippen molar-refractivity contribution in [3.05, 3.63) is 0 Å². The molecule has 0 bridgehead atoms. The summed E-state index contributed by atoms with van der Waals surface area (Å²) in [4.78, 5) is 0. The van der Waals surface area contributed by atoms with Crippen LogP contribution in [0, 0.1) is 0 Å². The lowest BCUT2D eigenvalue weighted by atomic mass is 10.8. The topological polar surface area (TPSA) is 143 Å². The quantitative estimate of drug-likeness (QED) is 0.278. The Labute approximate surface area is 105 Å². The molecule has 4 N–H and O–H groups in total. The van der Waals surface area contributed by atoms with Crippen molar-refractivity contribution in [2.24, 2.45) is 0 Å². The first-order valence-electron chi connectivity index (χ1n) is 4.24. The van der Waals surface area contributed by atoms with Crippen molar-refractivity contribution < 1.29 is 37.4 Å². The highest BCUT2D eigenvalue weighted by Crippen LogP contribution is 1.74. The van der Waals surface area contributed by atoms with Gasteiger partial charge in [0.15, 0.2) is 0 Å². The Morgan fingerprint density at radius 1 is 0.647 bits per heavy atom. The van der Waals surface area contributed by atoms with Gasteiger partial charge in [-0.05, 0) is 0 Å². The zero-order valence-electron chi connectivity index (χ0n) is 11.9. The van der Waals surface area contributed by atoms with Crippen molar-refractivity contribution >= 4 is 10.4 Å². The van der Waals surface area contributed by atoms with Crippen molar-refractivity contribution in [3.8, 4) is 0 Å². The van der Waals surface area contributed by atoms with E-state index in [-0.39, 0.29) is 11.0 Å². The van der Waals surface area contributed by atoms with E-state index in [1.807, 2.05) is 0 Å². The fraction of sp³-hybridized carbons (Fsp3) is 1.00. The smallest absolute Gasteiger partial charge is 0.0675 e.